The Hall–Kier alpha value is -2.61. The molecular formula is C15H12BrN5O2. The van der Waals surface area contributed by atoms with Crippen molar-refractivity contribution in [2.24, 2.45) is 10.2 Å². The Morgan fingerprint density at radius 1 is 1.35 bits per heavy atom. The number of hydrogen-bond acceptors (Lipinski definition) is 6. The van der Waals surface area contributed by atoms with Crippen LogP contribution in [0.25, 0.3) is 0 Å². The standard InChI is InChI=1S/C15H12BrN5O2/c16-10-4-5-12-11(7-10)15(13-3-1-2-6-17-13)21(23)8-14(20-12)18-9-19-22/h1-7H,8-9H2,(H,18,20). The summed E-state index contributed by atoms with van der Waals surface area (Å²) in [5, 5.41) is 18.2. The molecule has 3 rings (SSSR count). The van der Waals surface area contributed by atoms with Gasteiger partial charge in [-0.3, -0.25) is 0 Å². The van der Waals surface area contributed by atoms with E-state index in [0.717, 1.165) is 9.21 Å². The van der Waals surface area contributed by atoms with Crippen LogP contribution in [0.2, 0.25) is 0 Å². The maximum atomic E-state index is 12.7. The number of nitroso groups, excluding NO2 is 1. The molecule has 1 aromatic heterocycles. The molecule has 0 saturated heterocycles. The fourth-order valence-electron chi connectivity index (χ4n) is 2.31. The molecule has 2 heterocycles. The third-order valence-corrected chi connectivity index (χ3v) is 3.76. The van der Waals surface area contributed by atoms with Crippen molar-refractivity contribution in [1.82, 2.24) is 10.3 Å². The number of nitrogens with one attached hydrogen (secondary N) is 1. The van der Waals surface area contributed by atoms with Gasteiger partial charge in [0.25, 0.3) is 0 Å². The number of rotatable bonds is 3. The summed E-state index contributed by atoms with van der Waals surface area (Å²) in [5.41, 5.74) is 2.29. The Morgan fingerprint density at radius 3 is 2.96 bits per heavy atom. The van der Waals surface area contributed by atoms with E-state index in [2.05, 4.69) is 36.4 Å². The molecule has 0 aliphatic carbocycles. The highest BCUT2D eigenvalue weighted by molar-refractivity contribution is 9.10. The number of pyridine rings is 1. The van der Waals surface area contributed by atoms with Gasteiger partial charge in [-0.05, 0) is 35.5 Å². The fourth-order valence-corrected chi connectivity index (χ4v) is 2.67. The molecule has 0 spiro atoms. The van der Waals surface area contributed by atoms with Crippen LogP contribution in [0.4, 0.5) is 5.69 Å². The van der Waals surface area contributed by atoms with Crippen molar-refractivity contribution < 1.29 is 4.74 Å². The number of hydrogen-bond donors (Lipinski definition) is 1. The first-order valence-corrected chi connectivity index (χ1v) is 7.62. The van der Waals surface area contributed by atoms with E-state index in [1.54, 1.807) is 24.4 Å². The Labute approximate surface area is 140 Å². The second-order valence-electron chi connectivity index (χ2n) is 4.78. The topological polar surface area (TPSA) is 92.8 Å². The third-order valence-electron chi connectivity index (χ3n) is 3.27. The number of hydroxylamine groups is 1. The number of benzene rings is 1. The molecule has 8 heteroatoms. The molecule has 0 unspecified atom stereocenters. The molecule has 7 nitrogen and oxygen atoms in total. The van der Waals surface area contributed by atoms with Gasteiger partial charge in [0, 0.05) is 10.7 Å². The monoisotopic (exact) mass is 373 g/mol. The van der Waals surface area contributed by atoms with Crippen molar-refractivity contribution in [3.8, 4) is 0 Å². The minimum atomic E-state index is -0.141. The van der Waals surface area contributed by atoms with E-state index in [-0.39, 0.29) is 13.2 Å². The van der Waals surface area contributed by atoms with Gasteiger partial charge in [-0.15, -0.1) is 4.91 Å². The molecule has 1 N–H and O–H groups in total. The van der Waals surface area contributed by atoms with Gasteiger partial charge in [-0.25, -0.2) is 9.98 Å². The van der Waals surface area contributed by atoms with Crippen LogP contribution in [0.15, 0.2) is 57.2 Å². The van der Waals surface area contributed by atoms with Gasteiger partial charge in [-0.1, -0.05) is 22.0 Å². The maximum absolute atomic E-state index is 12.7. The summed E-state index contributed by atoms with van der Waals surface area (Å²) < 4.78 is 1.65. The second-order valence-corrected chi connectivity index (χ2v) is 5.70. The van der Waals surface area contributed by atoms with Gasteiger partial charge >= 0.3 is 0 Å². The molecule has 1 aliphatic heterocycles. The zero-order valence-electron chi connectivity index (χ0n) is 11.9. The molecule has 0 bridgehead atoms. The van der Waals surface area contributed by atoms with Crippen molar-refractivity contribution in [2.45, 2.75) is 0 Å². The van der Waals surface area contributed by atoms with Crippen molar-refractivity contribution in [3.63, 3.8) is 0 Å². The highest BCUT2D eigenvalue weighted by atomic mass is 79.9. The number of nitrogens with zero attached hydrogens (tertiary/aromatic N) is 4. The predicted octanol–water partition coefficient (Wildman–Crippen LogP) is 2.55. The Kier molecular flexibility index (Phi) is 4.42. The summed E-state index contributed by atoms with van der Waals surface area (Å²) in [6.45, 7) is -0.162. The normalized spacial score (nSPS) is 13.9. The zero-order valence-corrected chi connectivity index (χ0v) is 13.5. The third kappa shape index (κ3) is 3.26. The van der Waals surface area contributed by atoms with Crippen molar-refractivity contribution in [2.75, 3.05) is 13.2 Å². The average molecular weight is 374 g/mol. The lowest BCUT2D eigenvalue weighted by Crippen LogP contribution is -2.32. The van der Waals surface area contributed by atoms with Crippen molar-refractivity contribution >= 4 is 33.2 Å². The van der Waals surface area contributed by atoms with Crippen molar-refractivity contribution in [3.05, 3.63) is 68.4 Å². The molecule has 0 saturated carbocycles. The molecule has 0 radical (unpaired) electrons. The van der Waals surface area contributed by atoms with Gasteiger partial charge in [-0.2, -0.15) is 4.74 Å². The van der Waals surface area contributed by atoms with Crippen LogP contribution in [0, 0.1) is 10.1 Å². The van der Waals surface area contributed by atoms with E-state index < -0.39 is 0 Å². The van der Waals surface area contributed by atoms with E-state index in [1.807, 2.05) is 18.2 Å². The van der Waals surface area contributed by atoms with Gasteiger partial charge in [0.1, 0.15) is 5.69 Å². The largest absolute Gasteiger partial charge is 0.623 e. The van der Waals surface area contributed by atoms with Gasteiger partial charge < -0.3 is 10.5 Å². The van der Waals surface area contributed by atoms with Gasteiger partial charge in [0.2, 0.25) is 12.3 Å². The Morgan fingerprint density at radius 2 is 2.22 bits per heavy atom. The van der Waals surface area contributed by atoms with Crippen LogP contribution in [-0.4, -0.2) is 34.5 Å². The number of aromatic nitrogens is 1. The minimum Gasteiger partial charge on any atom is -0.623 e. The van der Waals surface area contributed by atoms with Crippen LogP contribution in [-0.2, 0) is 0 Å². The number of fused-ring (bicyclic) bond motifs is 1. The summed E-state index contributed by atoms with van der Waals surface area (Å²) in [5.74, 6) is 0.383. The van der Waals surface area contributed by atoms with Crippen LogP contribution in [0.1, 0.15) is 11.3 Å². The van der Waals surface area contributed by atoms with Gasteiger partial charge in [0.05, 0.1) is 11.3 Å². The Balaban J connectivity index is 2.17. The highest BCUT2D eigenvalue weighted by Gasteiger charge is 2.25. The van der Waals surface area contributed by atoms with Crippen LogP contribution in [0.5, 0.6) is 0 Å². The van der Waals surface area contributed by atoms with E-state index >= 15 is 0 Å². The van der Waals surface area contributed by atoms with E-state index in [0.29, 0.717) is 28.5 Å². The first kappa shape index (κ1) is 15.3. The van der Waals surface area contributed by atoms with Crippen molar-refractivity contribution in [1.29, 1.82) is 0 Å². The average Bonchev–Trinajstić information content (AvgIpc) is 2.69. The summed E-state index contributed by atoms with van der Waals surface area (Å²) >= 11 is 3.42. The Bertz CT molecular complexity index is 805. The summed E-state index contributed by atoms with van der Waals surface area (Å²) in [7, 11) is 0. The van der Waals surface area contributed by atoms with E-state index in [9.17, 15) is 10.1 Å². The summed E-state index contributed by atoms with van der Waals surface area (Å²) in [6, 6.07) is 10.9. The van der Waals surface area contributed by atoms with Crippen LogP contribution < -0.4 is 5.32 Å². The zero-order chi connectivity index (χ0) is 16.2. The molecular weight excluding hydrogens is 362 g/mol. The number of halogens is 1. The fraction of sp³-hybridized carbons (Fsp3) is 0.133. The highest BCUT2D eigenvalue weighted by Crippen LogP contribution is 2.27. The smallest absolute Gasteiger partial charge is 0.246 e. The molecule has 1 aromatic carbocycles. The molecule has 2 aromatic rings. The second kappa shape index (κ2) is 6.66. The van der Waals surface area contributed by atoms with E-state index in [1.165, 1.54) is 0 Å². The molecule has 1 aliphatic rings. The molecule has 23 heavy (non-hydrogen) atoms. The lowest BCUT2D eigenvalue weighted by molar-refractivity contribution is -0.439. The quantitative estimate of drug-likeness (QED) is 0.508. The first-order chi connectivity index (χ1) is 11.2. The minimum absolute atomic E-state index is 0.0201. The lowest BCUT2D eigenvalue weighted by Gasteiger charge is -2.10. The predicted molar refractivity (Wildman–Crippen MR) is 91.0 cm³/mol. The van der Waals surface area contributed by atoms with E-state index in [4.69, 9.17) is 0 Å². The van der Waals surface area contributed by atoms with Gasteiger partial charge in [0.15, 0.2) is 12.5 Å². The number of amidine groups is 1. The summed E-state index contributed by atoms with van der Waals surface area (Å²) in [6.07, 6.45) is 1.63. The molecule has 116 valence electrons. The first-order valence-electron chi connectivity index (χ1n) is 6.82. The summed E-state index contributed by atoms with van der Waals surface area (Å²) in [4.78, 5) is 19.0. The lowest BCUT2D eigenvalue weighted by atomic mass is 10.0. The SMILES string of the molecule is O=NCNC1=Nc2ccc(Br)cc2C(c2ccccn2)=[N+]([O-])C1. The number of aliphatic imine (C=N–C) groups is 1. The molecule has 0 atom stereocenters. The van der Waals surface area contributed by atoms with Crippen LogP contribution >= 0.6 is 15.9 Å². The maximum Gasteiger partial charge on any atom is 0.246 e. The molecule has 0 amide bonds. The van der Waals surface area contributed by atoms with Crippen LogP contribution in [0.3, 0.4) is 0 Å². The molecule has 0 fully saturated rings.